The molecule has 0 atom stereocenters. The lowest BCUT2D eigenvalue weighted by molar-refractivity contribution is 0.682. The van der Waals surface area contributed by atoms with E-state index in [0.717, 1.165) is 17.6 Å². The third-order valence-corrected chi connectivity index (χ3v) is 1.59. The molecule has 0 saturated heterocycles. The number of allylic oxidation sites excluding steroid dienone is 1. The van der Waals surface area contributed by atoms with Gasteiger partial charge in [-0.2, -0.15) is 0 Å². The van der Waals surface area contributed by atoms with Crippen LogP contribution < -0.4 is 0 Å². The first-order valence-corrected chi connectivity index (χ1v) is 4.40. The smallest absolute Gasteiger partial charge is 0.114 e. The van der Waals surface area contributed by atoms with Gasteiger partial charge >= 0.3 is 0 Å². The van der Waals surface area contributed by atoms with Gasteiger partial charge in [0.05, 0.1) is 11.9 Å². The van der Waals surface area contributed by atoms with E-state index < -0.39 is 0 Å². The zero-order valence-corrected chi connectivity index (χ0v) is 8.38. The Hall–Kier alpha value is -1.78. The van der Waals surface area contributed by atoms with Gasteiger partial charge in [-0.3, -0.25) is 0 Å². The highest BCUT2D eigenvalue weighted by atomic mass is 15.6. The highest BCUT2D eigenvalue weighted by molar-refractivity contribution is 5.47. The van der Waals surface area contributed by atoms with E-state index in [9.17, 15) is 0 Å². The Morgan fingerprint density at radius 3 is 2.79 bits per heavy atom. The first-order valence-electron chi connectivity index (χ1n) is 4.40. The van der Waals surface area contributed by atoms with Crippen molar-refractivity contribution >= 4 is 5.52 Å². The fourth-order valence-corrected chi connectivity index (χ4v) is 0.790. The molecule has 0 unspecified atom stereocenters. The summed E-state index contributed by atoms with van der Waals surface area (Å²) in [5.74, 6) is 0. The molecule has 0 spiro atoms. The highest BCUT2D eigenvalue weighted by Gasteiger charge is 1.98. The maximum atomic E-state index is 3.81. The fourth-order valence-electron chi connectivity index (χ4n) is 0.790. The summed E-state index contributed by atoms with van der Waals surface area (Å²) in [6.45, 7) is 7.42. The Bertz CT molecular complexity index is 406. The second-order valence-corrected chi connectivity index (χ2v) is 2.67. The Kier molecular flexibility index (Phi) is 3.72. The number of hydrogen-bond acceptors (Lipinski definition) is 4. The van der Waals surface area contributed by atoms with Gasteiger partial charge in [0.15, 0.2) is 0 Å². The monoisotopic (exact) mass is 191 g/mol. The summed E-state index contributed by atoms with van der Waals surface area (Å²) in [7, 11) is 0. The van der Waals surface area contributed by atoms with Crippen molar-refractivity contribution in [1.82, 2.24) is 25.3 Å². The molecule has 0 amide bonds. The van der Waals surface area contributed by atoms with Gasteiger partial charge in [0.25, 0.3) is 0 Å². The number of aromatic nitrogens is 5. The van der Waals surface area contributed by atoms with Crippen LogP contribution in [0.1, 0.15) is 19.0 Å². The van der Waals surface area contributed by atoms with Gasteiger partial charge < -0.3 is 0 Å². The minimum atomic E-state index is 0.870. The van der Waals surface area contributed by atoms with Gasteiger partial charge in [-0.15, -0.1) is 21.4 Å². The van der Waals surface area contributed by atoms with E-state index in [1.807, 2.05) is 19.1 Å². The zero-order valence-electron chi connectivity index (χ0n) is 8.38. The molecule has 74 valence electrons. The van der Waals surface area contributed by atoms with E-state index in [-0.39, 0.29) is 0 Å². The zero-order chi connectivity index (χ0) is 10.4. The first kappa shape index (κ1) is 10.3. The Labute approximate surface area is 82.4 Å². The van der Waals surface area contributed by atoms with Crippen molar-refractivity contribution in [3.8, 4) is 0 Å². The molecule has 0 radical (unpaired) electrons. The third kappa shape index (κ3) is 2.35. The second-order valence-electron chi connectivity index (χ2n) is 2.67. The van der Waals surface area contributed by atoms with Crippen LogP contribution in [0.4, 0.5) is 0 Å². The molecule has 2 aromatic heterocycles. The van der Waals surface area contributed by atoms with Crippen LogP contribution in [0.5, 0.6) is 0 Å². The molecular weight excluding hydrogens is 178 g/mol. The van der Waals surface area contributed by atoms with E-state index in [1.165, 1.54) is 4.63 Å². The Morgan fingerprint density at radius 2 is 2.21 bits per heavy atom. The fraction of sp³-hybridized carbons (Fsp3) is 0.333. The van der Waals surface area contributed by atoms with Crippen LogP contribution in [0.3, 0.4) is 0 Å². The summed E-state index contributed by atoms with van der Waals surface area (Å²) in [6, 6.07) is 1.82. The lowest BCUT2D eigenvalue weighted by atomic mass is 10.4. The Balaban J connectivity index is 0.000000213. The van der Waals surface area contributed by atoms with Crippen LogP contribution in [0.15, 0.2) is 24.9 Å². The predicted molar refractivity (Wildman–Crippen MR) is 53.8 cm³/mol. The molecule has 0 aliphatic carbocycles. The molecule has 14 heavy (non-hydrogen) atoms. The van der Waals surface area contributed by atoms with E-state index in [1.54, 1.807) is 6.20 Å². The number of rotatable bonds is 1. The molecule has 0 N–H and O–H groups in total. The van der Waals surface area contributed by atoms with Crippen molar-refractivity contribution in [2.24, 2.45) is 0 Å². The van der Waals surface area contributed by atoms with Crippen molar-refractivity contribution in [1.29, 1.82) is 0 Å². The SMILES string of the molecule is C=CCC.Cc1nnn2nnccc12. The molecule has 2 aromatic rings. The first-order chi connectivity index (χ1) is 6.79. The average molecular weight is 191 g/mol. The molecule has 5 nitrogen and oxygen atoms in total. The molecule has 0 fully saturated rings. The van der Waals surface area contributed by atoms with Crippen LogP contribution >= 0.6 is 0 Å². The molecule has 0 saturated carbocycles. The van der Waals surface area contributed by atoms with Crippen LogP contribution in [0, 0.1) is 6.92 Å². The minimum Gasteiger partial charge on any atom is -0.139 e. The summed E-state index contributed by atoms with van der Waals surface area (Å²) in [4.78, 5) is 0. The lowest BCUT2D eigenvalue weighted by Crippen LogP contribution is -1.94. The van der Waals surface area contributed by atoms with Crippen LogP contribution in [-0.4, -0.2) is 25.3 Å². The van der Waals surface area contributed by atoms with Gasteiger partial charge in [0.2, 0.25) is 0 Å². The normalized spacial score (nSPS) is 9.29. The standard InChI is InChI=1S/C5H5N5.C4H8/c1-4-5-2-3-6-8-10(5)9-7-4;1-3-4-2/h2-3H,1H3;3H,1,4H2,2H3. The van der Waals surface area contributed by atoms with Gasteiger partial charge in [-0.1, -0.05) is 13.0 Å². The number of aryl methyl sites for hydroxylation is 1. The van der Waals surface area contributed by atoms with Crippen molar-refractivity contribution < 1.29 is 0 Å². The van der Waals surface area contributed by atoms with E-state index in [4.69, 9.17) is 0 Å². The van der Waals surface area contributed by atoms with Gasteiger partial charge in [0.1, 0.15) is 5.52 Å². The van der Waals surface area contributed by atoms with Gasteiger partial charge in [0, 0.05) is 0 Å². The second kappa shape index (κ2) is 5.06. The van der Waals surface area contributed by atoms with Crippen molar-refractivity contribution in [3.63, 3.8) is 0 Å². The number of hydrogen-bond donors (Lipinski definition) is 0. The Morgan fingerprint density at radius 1 is 1.50 bits per heavy atom. The quantitative estimate of drug-likeness (QED) is 0.639. The van der Waals surface area contributed by atoms with Crippen molar-refractivity contribution in [3.05, 3.63) is 30.6 Å². The molecule has 2 heterocycles. The number of nitrogens with zero attached hydrogens (tertiary/aromatic N) is 5. The molecule has 0 bridgehead atoms. The largest absolute Gasteiger partial charge is 0.139 e. The topological polar surface area (TPSA) is 56.0 Å². The summed E-state index contributed by atoms with van der Waals surface area (Å²) in [5, 5.41) is 14.8. The molecule has 0 aliphatic rings. The summed E-state index contributed by atoms with van der Waals surface area (Å²) in [5.41, 5.74) is 1.77. The van der Waals surface area contributed by atoms with E-state index >= 15 is 0 Å². The van der Waals surface area contributed by atoms with E-state index in [0.29, 0.717) is 0 Å². The molecule has 0 aliphatic heterocycles. The van der Waals surface area contributed by atoms with Crippen molar-refractivity contribution in [2.45, 2.75) is 20.3 Å². The van der Waals surface area contributed by atoms with Gasteiger partial charge in [-0.05, 0) is 29.8 Å². The molecule has 5 heteroatoms. The molecule has 0 aromatic carbocycles. The predicted octanol–water partition coefficient (Wildman–Crippen LogP) is 1.41. The maximum Gasteiger partial charge on any atom is 0.114 e. The van der Waals surface area contributed by atoms with E-state index in [2.05, 4.69) is 34.1 Å². The van der Waals surface area contributed by atoms with Crippen molar-refractivity contribution in [2.75, 3.05) is 0 Å². The minimum absolute atomic E-state index is 0.870. The number of fused-ring (bicyclic) bond motifs is 1. The van der Waals surface area contributed by atoms with Gasteiger partial charge in [-0.25, -0.2) is 0 Å². The third-order valence-electron chi connectivity index (χ3n) is 1.59. The van der Waals surface area contributed by atoms with Crippen LogP contribution in [-0.2, 0) is 0 Å². The maximum absolute atomic E-state index is 3.81. The summed E-state index contributed by atoms with van der Waals surface area (Å²) in [6.07, 6.45) is 4.58. The highest BCUT2D eigenvalue weighted by Crippen LogP contribution is 2.00. The molecular formula is C9H13N5. The molecule has 2 rings (SSSR count). The average Bonchev–Trinajstić information content (AvgIpc) is 2.62. The van der Waals surface area contributed by atoms with Crippen LogP contribution in [0.2, 0.25) is 0 Å². The lowest BCUT2D eigenvalue weighted by Gasteiger charge is -1.84. The van der Waals surface area contributed by atoms with Crippen LogP contribution in [0.25, 0.3) is 5.52 Å². The summed E-state index contributed by atoms with van der Waals surface area (Å²) < 4.78 is 1.40. The summed E-state index contributed by atoms with van der Waals surface area (Å²) >= 11 is 0.